The fraction of sp³-hybridized carbons (Fsp3) is 0.471. The van der Waals surface area contributed by atoms with Crippen LogP contribution < -0.4 is 5.73 Å². The molecular weight excluding hydrogens is 264 g/mol. The molecule has 1 amide bonds. The summed E-state index contributed by atoms with van der Waals surface area (Å²) in [5.74, 6) is 6.48. The van der Waals surface area contributed by atoms with E-state index >= 15 is 0 Å². The van der Waals surface area contributed by atoms with Crippen molar-refractivity contribution in [1.82, 2.24) is 4.90 Å². The maximum Gasteiger partial charge on any atom is 0.255 e. The van der Waals surface area contributed by atoms with Crippen LogP contribution in [0.4, 0.5) is 0 Å². The highest BCUT2D eigenvalue weighted by Crippen LogP contribution is 2.38. The highest BCUT2D eigenvalue weighted by atomic mass is 16.3. The maximum absolute atomic E-state index is 12.7. The van der Waals surface area contributed by atoms with Crippen LogP contribution >= 0.6 is 0 Å². The van der Waals surface area contributed by atoms with Crippen LogP contribution in [0, 0.1) is 23.7 Å². The molecule has 1 aromatic carbocycles. The van der Waals surface area contributed by atoms with Crippen LogP contribution in [-0.4, -0.2) is 41.7 Å². The van der Waals surface area contributed by atoms with Crippen LogP contribution in [0.25, 0.3) is 0 Å². The third-order valence-electron chi connectivity index (χ3n) is 4.59. The van der Waals surface area contributed by atoms with Crippen molar-refractivity contribution in [2.24, 2.45) is 17.6 Å². The lowest BCUT2D eigenvalue weighted by Gasteiger charge is -2.19. The van der Waals surface area contributed by atoms with E-state index < -0.39 is 0 Å². The molecule has 3 atom stereocenters. The molecule has 1 aromatic rings. The predicted molar refractivity (Wildman–Crippen MR) is 80.5 cm³/mol. The summed E-state index contributed by atoms with van der Waals surface area (Å²) in [6, 6.07) is 7.39. The number of carbonyl (C=O) groups excluding carboxylic acids is 1. The Labute approximate surface area is 124 Å². The lowest BCUT2D eigenvalue weighted by molar-refractivity contribution is 0.0752. The Bertz CT molecular complexity index is 602. The topological polar surface area (TPSA) is 66.6 Å². The number of fused-ring (bicyclic) bond motifs is 1. The van der Waals surface area contributed by atoms with E-state index in [4.69, 9.17) is 5.73 Å². The largest absolute Gasteiger partial charge is 0.393 e. The number of hydrogen-bond donors (Lipinski definition) is 2. The van der Waals surface area contributed by atoms with Crippen LogP contribution in [-0.2, 0) is 0 Å². The minimum atomic E-state index is -0.250. The van der Waals surface area contributed by atoms with Crippen LogP contribution in [0.15, 0.2) is 24.3 Å². The molecule has 3 N–H and O–H groups in total. The third-order valence-corrected chi connectivity index (χ3v) is 4.59. The maximum atomic E-state index is 12.7. The smallest absolute Gasteiger partial charge is 0.255 e. The molecule has 3 rings (SSSR count). The molecule has 0 radical (unpaired) electrons. The van der Waals surface area contributed by atoms with Crippen molar-refractivity contribution in [3.05, 3.63) is 35.4 Å². The lowest BCUT2D eigenvalue weighted by atomic mass is 10.00. The van der Waals surface area contributed by atoms with Crippen molar-refractivity contribution in [3.8, 4) is 11.8 Å². The van der Waals surface area contributed by atoms with E-state index in [1.54, 1.807) is 0 Å². The zero-order valence-corrected chi connectivity index (χ0v) is 12.0. The number of carbonyl (C=O) groups is 1. The minimum Gasteiger partial charge on any atom is -0.393 e. The van der Waals surface area contributed by atoms with Gasteiger partial charge in [0.2, 0.25) is 0 Å². The molecule has 3 unspecified atom stereocenters. The molecule has 2 fully saturated rings. The van der Waals surface area contributed by atoms with Crippen molar-refractivity contribution in [1.29, 1.82) is 0 Å². The molecule has 0 spiro atoms. The first-order chi connectivity index (χ1) is 10.2. The summed E-state index contributed by atoms with van der Waals surface area (Å²) in [4.78, 5) is 14.6. The average molecular weight is 284 g/mol. The van der Waals surface area contributed by atoms with E-state index in [-0.39, 0.29) is 24.5 Å². The SMILES string of the molecule is NCC#Cc1ccccc1C(=O)N1CC2CCC(O)C2C1. The fourth-order valence-corrected chi connectivity index (χ4v) is 3.50. The van der Waals surface area contributed by atoms with Crippen LogP contribution in [0.1, 0.15) is 28.8 Å². The number of rotatable bonds is 1. The number of nitrogens with two attached hydrogens (primary N) is 1. The summed E-state index contributed by atoms with van der Waals surface area (Å²) >= 11 is 0. The fourth-order valence-electron chi connectivity index (χ4n) is 3.50. The number of likely N-dealkylation sites (tertiary alicyclic amines) is 1. The van der Waals surface area contributed by atoms with Crippen molar-refractivity contribution >= 4 is 5.91 Å². The molecule has 0 aromatic heterocycles. The van der Waals surface area contributed by atoms with Crippen LogP contribution in [0.3, 0.4) is 0 Å². The zero-order valence-electron chi connectivity index (χ0n) is 12.0. The van der Waals surface area contributed by atoms with Gasteiger partial charge in [0.1, 0.15) is 0 Å². The average Bonchev–Trinajstić information content (AvgIpc) is 3.07. The van der Waals surface area contributed by atoms with Crippen molar-refractivity contribution in [2.45, 2.75) is 18.9 Å². The van der Waals surface area contributed by atoms with E-state index in [2.05, 4.69) is 11.8 Å². The Morgan fingerprint density at radius 2 is 2.14 bits per heavy atom. The molecule has 110 valence electrons. The molecule has 1 heterocycles. The van der Waals surface area contributed by atoms with E-state index in [9.17, 15) is 9.90 Å². The van der Waals surface area contributed by atoms with E-state index in [1.807, 2.05) is 29.2 Å². The van der Waals surface area contributed by atoms with Gasteiger partial charge in [-0.15, -0.1) is 0 Å². The van der Waals surface area contributed by atoms with Gasteiger partial charge in [-0.2, -0.15) is 0 Å². The third kappa shape index (κ3) is 2.67. The van der Waals surface area contributed by atoms with Crippen LogP contribution in [0.2, 0.25) is 0 Å². The number of aliphatic hydroxyl groups excluding tert-OH is 1. The number of benzene rings is 1. The lowest BCUT2D eigenvalue weighted by Crippen LogP contribution is -2.31. The molecule has 2 aliphatic rings. The van der Waals surface area contributed by atoms with E-state index in [0.717, 1.165) is 24.9 Å². The Hall–Kier alpha value is -1.83. The summed E-state index contributed by atoms with van der Waals surface area (Å²) in [7, 11) is 0. The molecule has 4 nitrogen and oxygen atoms in total. The highest BCUT2D eigenvalue weighted by Gasteiger charge is 2.43. The molecule has 21 heavy (non-hydrogen) atoms. The first-order valence-electron chi connectivity index (χ1n) is 7.46. The summed E-state index contributed by atoms with van der Waals surface area (Å²) in [5.41, 5.74) is 6.76. The summed E-state index contributed by atoms with van der Waals surface area (Å²) in [6.45, 7) is 1.69. The number of amides is 1. The Morgan fingerprint density at radius 1 is 1.33 bits per heavy atom. The Kier molecular flexibility index (Phi) is 3.96. The van der Waals surface area contributed by atoms with Gasteiger partial charge in [0.25, 0.3) is 5.91 Å². The normalized spacial score (nSPS) is 27.1. The quantitative estimate of drug-likeness (QED) is 0.751. The Morgan fingerprint density at radius 3 is 2.90 bits per heavy atom. The first kappa shape index (κ1) is 14.1. The van der Waals surface area contributed by atoms with Gasteiger partial charge in [-0.25, -0.2) is 0 Å². The van der Waals surface area contributed by atoms with Crippen LogP contribution in [0.5, 0.6) is 0 Å². The molecular formula is C17H20N2O2. The molecule has 1 aliphatic heterocycles. The summed E-state index contributed by atoms with van der Waals surface area (Å²) < 4.78 is 0. The number of hydrogen-bond acceptors (Lipinski definition) is 3. The number of aliphatic hydroxyl groups is 1. The van der Waals surface area contributed by atoms with Crippen molar-refractivity contribution < 1.29 is 9.90 Å². The van der Waals surface area contributed by atoms with E-state index in [0.29, 0.717) is 18.0 Å². The zero-order chi connectivity index (χ0) is 14.8. The Balaban J connectivity index is 1.80. The molecule has 0 bridgehead atoms. The predicted octanol–water partition coefficient (Wildman–Crippen LogP) is 0.840. The summed E-state index contributed by atoms with van der Waals surface area (Å²) in [6.07, 6.45) is 1.64. The first-order valence-corrected chi connectivity index (χ1v) is 7.46. The minimum absolute atomic E-state index is 0.0125. The van der Waals surface area contributed by atoms with Gasteiger partial charge in [0, 0.05) is 24.6 Å². The second kappa shape index (κ2) is 5.88. The van der Waals surface area contributed by atoms with Gasteiger partial charge < -0.3 is 15.7 Å². The van der Waals surface area contributed by atoms with Crippen molar-refractivity contribution in [2.75, 3.05) is 19.6 Å². The van der Waals surface area contributed by atoms with Gasteiger partial charge in [-0.05, 0) is 30.9 Å². The van der Waals surface area contributed by atoms with Gasteiger partial charge in [-0.3, -0.25) is 4.79 Å². The van der Waals surface area contributed by atoms with Gasteiger partial charge in [0.15, 0.2) is 0 Å². The molecule has 1 aliphatic carbocycles. The summed E-state index contributed by atoms with van der Waals surface area (Å²) in [5, 5.41) is 9.97. The highest BCUT2D eigenvalue weighted by molar-refractivity contribution is 5.97. The van der Waals surface area contributed by atoms with E-state index in [1.165, 1.54) is 0 Å². The van der Waals surface area contributed by atoms with Crippen molar-refractivity contribution in [3.63, 3.8) is 0 Å². The monoisotopic (exact) mass is 284 g/mol. The second-order valence-electron chi connectivity index (χ2n) is 5.83. The van der Waals surface area contributed by atoms with Gasteiger partial charge in [-0.1, -0.05) is 24.0 Å². The molecule has 1 saturated heterocycles. The van der Waals surface area contributed by atoms with Gasteiger partial charge in [0.05, 0.1) is 18.2 Å². The second-order valence-corrected chi connectivity index (χ2v) is 5.83. The molecule has 4 heteroatoms. The number of nitrogens with zero attached hydrogens (tertiary/aromatic N) is 1. The molecule has 1 saturated carbocycles. The standard InChI is InChI=1S/C17H20N2O2/c18-9-3-5-12-4-1-2-6-14(12)17(21)19-10-13-7-8-16(20)15(13)11-19/h1-2,4,6,13,15-16,20H,7-11,18H2. The van der Waals surface area contributed by atoms with Gasteiger partial charge >= 0.3 is 0 Å².